The normalized spacial score (nSPS) is 25.9. The summed E-state index contributed by atoms with van der Waals surface area (Å²) in [5.41, 5.74) is 2.17. The molecule has 0 bridgehead atoms. The molecular formula is C22H19Br2ClN2O3. The van der Waals surface area contributed by atoms with Gasteiger partial charge < -0.3 is 5.32 Å². The first kappa shape index (κ1) is 21.5. The lowest BCUT2D eigenvalue weighted by molar-refractivity contribution is -0.122. The quantitative estimate of drug-likeness (QED) is 0.412. The Balaban J connectivity index is 1.59. The molecular weight excluding hydrogens is 536 g/mol. The summed E-state index contributed by atoms with van der Waals surface area (Å²) >= 11 is 13.3. The third-order valence-corrected chi connectivity index (χ3v) is 8.94. The van der Waals surface area contributed by atoms with Gasteiger partial charge in [0.25, 0.3) is 5.91 Å². The molecule has 2 aromatic rings. The molecule has 0 spiro atoms. The lowest BCUT2D eigenvalue weighted by Crippen LogP contribution is -2.34. The van der Waals surface area contributed by atoms with Crippen LogP contribution in [0.15, 0.2) is 42.5 Å². The summed E-state index contributed by atoms with van der Waals surface area (Å²) in [6, 6.07) is 11.9. The molecule has 2 fully saturated rings. The molecule has 0 aromatic heterocycles. The van der Waals surface area contributed by atoms with Gasteiger partial charge in [0.2, 0.25) is 11.8 Å². The zero-order valence-corrected chi connectivity index (χ0v) is 20.0. The van der Waals surface area contributed by atoms with Gasteiger partial charge in [-0.15, -0.1) is 0 Å². The molecule has 2 aromatic carbocycles. The molecule has 4 atom stereocenters. The Morgan fingerprint density at radius 2 is 1.63 bits per heavy atom. The van der Waals surface area contributed by atoms with E-state index in [-0.39, 0.29) is 39.2 Å². The summed E-state index contributed by atoms with van der Waals surface area (Å²) in [6.45, 7) is 1.83. The van der Waals surface area contributed by atoms with Gasteiger partial charge in [-0.05, 0) is 55.7 Å². The number of benzene rings is 2. The fourth-order valence-electron chi connectivity index (χ4n) is 4.07. The number of alkyl halides is 2. The highest BCUT2D eigenvalue weighted by molar-refractivity contribution is 9.12. The van der Waals surface area contributed by atoms with Gasteiger partial charge in [-0.25, -0.2) is 0 Å². The van der Waals surface area contributed by atoms with Crippen molar-refractivity contribution in [2.45, 2.75) is 29.4 Å². The van der Waals surface area contributed by atoms with Crippen LogP contribution in [0.3, 0.4) is 0 Å². The van der Waals surface area contributed by atoms with Crippen LogP contribution in [0, 0.1) is 18.8 Å². The molecule has 0 radical (unpaired) electrons. The van der Waals surface area contributed by atoms with Gasteiger partial charge in [-0.3, -0.25) is 19.3 Å². The Morgan fingerprint density at radius 3 is 2.27 bits per heavy atom. The van der Waals surface area contributed by atoms with E-state index in [1.807, 2.05) is 6.92 Å². The van der Waals surface area contributed by atoms with Crippen molar-refractivity contribution in [3.8, 4) is 0 Å². The standard InChI is InChI=1S/C22H19Br2ClN2O3/c1-11-18(25)6-3-7-19(11)26-20(28)12-4-2-5-13(8-12)27-21(29)14-9-16(23)17(24)10-15(14)22(27)30/h2-8,14-17H,9-10H2,1H3,(H,26,28)/t14-,15+,16+,17-. The molecule has 1 aliphatic heterocycles. The van der Waals surface area contributed by atoms with Crippen LogP contribution in [-0.4, -0.2) is 27.4 Å². The third-order valence-electron chi connectivity index (χ3n) is 5.79. The molecule has 2 aliphatic rings. The molecule has 30 heavy (non-hydrogen) atoms. The summed E-state index contributed by atoms with van der Waals surface area (Å²) in [6.07, 6.45) is 1.21. The van der Waals surface area contributed by atoms with Crippen molar-refractivity contribution in [2.24, 2.45) is 11.8 Å². The second-order valence-corrected chi connectivity index (χ2v) is 10.4. The highest BCUT2D eigenvalue weighted by atomic mass is 79.9. The Morgan fingerprint density at radius 1 is 1.03 bits per heavy atom. The van der Waals surface area contributed by atoms with Crippen LogP contribution < -0.4 is 10.2 Å². The number of amides is 3. The van der Waals surface area contributed by atoms with Crippen LogP contribution in [0.4, 0.5) is 11.4 Å². The number of nitrogens with zero attached hydrogens (tertiary/aromatic N) is 1. The number of fused-ring (bicyclic) bond motifs is 1. The maximum atomic E-state index is 13.0. The summed E-state index contributed by atoms with van der Waals surface area (Å²) in [4.78, 5) is 40.3. The van der Waals surface area contributed by atoms with Crippen molar-refractivity contribution in [3.05, 3.63) is 58.6 Å². The van der Waals surface area contributed by atoms with E-state index < -0.39 is 0 Å². The van der Waals surface area contributed by atoms with E-state index in [1.165, 1.54) is 4.90 Å². The molecule has 0 unspecified atom stereocenters. The van der Waals surface area contributed by atoms with E-state index in [0.29, 0.717) is 34.8 Å². The van der Waals surface area contributed by atoms with E-state index in [1.54, 1.807) is 42.5 Å². The number of halogens is 3. The van der Waals surface area contributed by atoms with Gasteiger partial charge in [0, 0.05) is 25.9 Å². The second kappa shape index (κ2) is 8.44. The maximum absolute atomic E-state index is 13.0. The molecule has 8 heteroatoms. The summed E-state index contributed by atoms with van der Waals surface area (Å²) in [5, 5.41) is 3.41. The van der Waals surface area contributed by atoms with Gasteiger partial charge in [0.15, 0.2) is 0 Å². The number of nitrogens with one attached hydrogen (secondary N) is 1. The van der Waals surface area contributed by atoms with Crippen LogP contribution in [0.5, 0.6) is 0 Å². The van der Waals surface area contributed by atoms with Gasteiger partial charge in [0.1, 0.15) is 0 Å². The first-order valence-electron chi connectivity index (χ1n) is 9.60. The average molecular weight is 555 g/mol. The van der Waals surface area contributed by atoms with E-state index in [4.69, 9.17) is 11.6 Å². The van der Waals surface area contributed by atoms with Crippen molar-refractivity contribution in [3.63, 3.8) is 0 Å². The minimum absolute atomic E-state index is 0.147. The van der Waals surface area contributed by atoms with Crippen molar-refractivity contribution >= 4 is 72.6 Å². The smallest absolute Gasteiger partial charge is 0.255 e. The monoisotopic (exact) mass is 552 g/mol. The number of anilines is 2. The number of hydrogen-bond acceptors (Lipinski definition) is 3. The zero-order chi connectivity index (χ0) is 21.6. The lowest BCUT2D eigenvalue weighted by atomic mass is 9.81. The molecule has 1 N–H and O–H groups in total. The number of imide groups is 1. The second-order valence-electron chi connectivity index (χ2n) is 7.65. The van der Waals surface area contributed by atoms with E-state index in [0.717, 1.165) is 5.56 Å². The Hall–Kier alpha value is -1.70. The Bertz CT molecular complexity index is 1020. The predicted octanol–water partition coefficient (Wildman–Crippen LogP) is 5.33. The minimum atomic E-state index is -0.334. The Labute approximate surface area is 196 Å². The van der Waals surface area contributed by atoms with Gasteiger partial charge in [-0.2, -0.15) is 0 Å². The highest BCUT2D eigenvalue weighted by Crippen LogP contribution is 2.44. The molecule has 4 rings (SSSR count). The molecule has 1 aliphatic carbocycles. The fourth-order valence-corrected chi connectivity index (χ4v) is 5.48. The van der Waals surface area contributed by atoms with E-state index in [9.17, 15) is 14.4 Å². The van der Waals surface area contributed by atoms with Gasteiger partial charge in [-0.1, -0.05) is 55.6 Å². The van der Waals surface area contributed by atoms with Crippen molar-refractivity contribution in [1.82, 2.24) is 0 Å². The first-order chi connectivity index (χ1) is 14.3. The largest absolute Gasteiger partial charge is 0.322 e. The SMILES string of the molecule is Cc1c(Cl)cccc1NC(=O)c1cccc(N2C(=O)[C@H]3C[C@@H](Br)[C@@H](Br)C[C@H]3C2=O)c1. The zero-order valence-electron chi connectivity index (χ0n) is 16.1. The van der Waals surface area contributed by atoms with Crippen LogP contribution >= 0.6 is 43.5 Å². The number of hydrogen-bond donors (Lipinski definition) is 1. The minimum Gasteiger partial charge on any atom is -0.322 e. The summed E-state index contributed by atoms with van der Waals surface area (Å²) in [7, 11) is 0. The maximum Gasteiger partial charge on any atom is 0.255 e. The fraction of sp³-hybridized carbons (Fsp3) is 0.318. The highest BCUT2D eigenvalue weighted by Gasteiger charge is 2.52. The van der Waals surface area contributed by atoms with Crippen LogP contribution in [-0.2, 0) is 9.59 Å². The molecule has 1 heterocycles. The predicted molar refractivity (Wildman–Crippen MR) is 125 cm³/mol. The van der Waals surface area contributed by atoms with Crippen LogP contribution in [0.25, 0.3) is 0 Å². The van der Waals surface area contributed by atoms with Crippen molar-refractivity contribution < 1.29 is 14.4 Å². The van der Waals surface area contributed by atoms with Crippen LogP contribution in [0.1, 0.15) is 28.8 Å². The lowest BCUT2D eigenvalue weighted by Gasteiger charge is -2.29. The van der Waals surface area contributed by atoms with Gasteiger partial charge >= 0.3 is 0 Å². The summed E-state index contributed by atoms with van der Waals surface area (Å²) < 4.78 is 0. The average Bonchev–Trinajstić information content (AvgIpc) is 2.95. The molecule has 3 amide bonds. The number of carbonyl (C=O) groups excluding carboxylic acids is 3. The number of rotatable bonds is 3. The van der Waals surface area contributed by atoms with E-state index >= 15 is 0 Å². The number of carbonyl (C=O) groups is 3. The van der Waals surface area contributed by atoms with Gasteiger partial charge in [0.05, 0.1) is 17.5 Å². The van der Waals surface area contributed by atoms with Crippen LogP contribution in [0.2, 0.25) is 5.02 Å². The third kappa shape index (κ3) is 3.83. The molecule has 1 saturated carbocycles. The molecule has 5 nitrogen and oxygen atoms in total. The summed E-state index contributed by atoms with van der Waals surface area (Å²) in [5.74, 6) is -1.39. The van der Waals surface area contributed by atoms with E-state index in [2.05, 4.69) is 37.2 Å². The molecule has 156 valence electrons. The Kier molecular flexibility index (Phi) is 6.06. The molecule has 1 saturated heterocycles. The topological polar surface area (TPSA) is 66.5 Å². The van der Waals surface area contributed by atoms with Crippen molar-refractivity contribution in [1.29, 1.82) is 0 Å². The first-order valence-corrected chi connectivity index (χ1v) is 11.8. The van der Waals surface area contributed by atoms with Crippen molar-refractivity contribution in [2.75, 3.05) is 10.2 Å².